The van der Waals surface area contributed by atoms with Crippen molar-refractivity contribution in [1.82, 2.24) is 0 Å². The van der Waals surface area contributed by atoms with Crippen LogP contribution in [0.1, 0.15) is 18.4 Å². The van der Waals surface area contributed by atoms with Crippen LogP contribution in [0.2, 0.25) is 0 Å². The normalized spacial score (nSPS) is 9.83. The molecule has 1 aromatic rings. The first kappa shape index (κ1) is 13.7. The molecule has 0 aromatic heterocycles. The Hall–Kier alpha value is -2.41. The Kier molecular flexibility index (Phi) is 4.39. The monoisotopic (exact) mass is 250 g/mol. The first-order chi connectivity index (χ1) is 8.41. The molecule has 7 nitrogen and oxygen atoms in total. The number of amidine groups is 1. The first-order valence-corrected chi connectivity index (χ1v) is 5.15. The lowest BCUT2D eigenvalue weighted by atomic mass is 10.2. The van der Waals surface area contributed by atoms with Crippen molar-refractivity contribution < 1.29 is 14.7 Å². The van der Waals surface area contributed by atoms with Crippen molar-refractivity contribution in [3.05, 3.63) is 29.8 Å². The summed E-state index contributed by atoms with van der Waals surface area (Å²) in [6, 6.07) is 6.19. The van der Waals surface area contributed by atoms with Gasteiger partial charge in [-0.2, -0.15) is 0 Å². The maximum absolute atomic E-state index is 11.5. The number of nitrogens with zero attached hydrogens (tertiary/aromatic N) is 1. The lowest BCUT2D eigenvalue weighted by molar-refractivity contribution is -0.138. The van der Waals surface area contributed by atoms with Crippen LogP contribution in [0.15, 0.2) is 24.3 Å². The lowest BCUT2D eigenvalue weighted by Gasteiger charge is -2.16. The van der Waals surface area contributed by atoms with Crippen LogP contribution < -0.4 is 16.6 Å². The van der Waals surface area contributed by atoms with E-state index in [9.17, 15) is 9.59 Å². The maximum atomic E-state index is 11.5. The molecule has 0 aliphatic rings. The van der Waals surface area contributed by atoms with Gasteiger partial charge in [0.25, 0.3) is 0 Å². The molecule has 0 bridgehead atoms. The Morgan fingerprint density at radius 2 is 1.78 bits per heavy atom. The molecule has 0 radical (unpaired) electrons. The second-order valence-electron chi connectivity index (χ2n) is 3.62. The number of aliphatic carboxylic acids is 1. The molecule has 0 aliphatic heterocycles. The van der Waals surface area contributed by atoms with Gasteiger partial charge < -0.3 is 10.8 Å². The van der Waals surface area contributed by atoms with Crippen molar-refractivity contribution in [3.8, 4) is 0 Å². The summed E-state index contributed by atoms with van der Waals surface area (Å²) in [5, 5.41) is 16.6. The number of nitrogens with two attached hydrogens (primary N) is 2. The maximum Gasteiger partial charge on any atom is 0.303 e. The molecule has 0 unspecified atom stereocenters. The smallest absolute Gasteiger partial charge is 0.303 e. The van der Waals surface area contributed by atoms with Crippen molar-refractivity contribution in [2.45, 2.75) is 12.8 Å². The SMILES string of the molecule is N=C(N)c1ccc(N(N)C(=O)CCC(=O)O)cc1. The Morgan fingerprint density at radius 3 is 2.22 bits per heavy atom. The van der Waals surface area contributed by atoms with Gasteiger partial charge in [0.15, 0.2) is 0 Å². The van der Waals surface area contributed by atoms with Gasteiger partial charge in [-0.15, -0.1) is 0 Å². The highest BCUT2D eigenvalue weighted by Crippen LogP contribution is 2.13. The van der Waals surface area contributed by atoms with Crippen molar-refractivity contribution in [1.29, 1.82) is 5.41 Å². The summed E-state index contributed by atoms with van der Waals surface area (Å²) in [5.41, 5.74) is 6.22. The Labute approximate surface area is 103 Å². The van der Waals surface area contributed by atoms with E-state index in [1.54, 1.807) is 12.1 Å². The van der Waals surface area contributed by atoms with E-state index in [1.807, 2.05) is 0 Å². The van der Waals surface area contributed by atoms with Gasteiger partial charge in [0.1, 0.15) is 5.84 Å². The molecule has 1 aromatic carbocycles. The molecule has 0 fully saturated rings. The van der Waals surface area contributed by atoms with E-state index in [0.29, 0.717) is 11.3 Å². The molecule has 0 saturated heterocycles. The van der Waals surface area contributed by atoms with Gasteiger partial charge >= 0.3 is 5.97 Å². The predicted octanol–water partition coefficient (Wildman–Crippen LogP) is 0.0422. The summed E-state index contributed by atoms with van der Waals surface area (Å²) >= 11 is 0. The van der Waals surface area contributed by atoms with Crippen LogP contribution in [0.3, 0.4) is 0 Å². The van der Waals surface area contributed by atoms with Crippen LogP contribution in [0.25, 0.3) is 0 Å². The van der Waals surface area contributed by atoms with Gasteiger partial charge in [0.05, 0.1) is 12.1 Å². The second-order valence-corrected chi connectivity index (χ2v) is 3.62. The molecule has 96 valence electrons. The first-order valence-electron chi connectivity index (χ1n) is 5.15. The van der Waals surface area contributed by atoms with Crippen molar-refractivity contribution in [2.75, 3.05) is 5.01 Å². The van der Waals surface area contributed by atoms with Gasteiger partial charge in [0.2, 0.25) is 5.91 Å². The highest BCUT2D eigenvalue weighted by Gasteiger charge is 2.13. The van der Waals surface area contributed by atoms with Gasteiger partial charge in [-0.25, -0.2) is 10.9 Å². The van der Waals surface area contributed by atoms with Gasteiger partial charge in [0, 0.05) is 12.0 Å². The Bertz CT molecular complexity index is 470. The number of carbonyl (C=O) groups excluding carboxylic acids is 1. The van der Waals surface area contributed by atoms with E-state index in [0.717, 1.165) is 5.01 Å². The largest absolute Gasteiger partial charge is 0.481 e. The van der Waals surface area contributed by atoms with Gasteiger partial charge in [-0.05, 0) is 24.3 Å². The summed E-state index contributed by atoms with van der Waals surface area (Å²) < 4.78 is 0. The van der Waals surface area contributed by atoms with Crippen molar-refractivity contribution in [3.63, 3.8) is 0 Å². The molecular formula is C11H14N4O3. The third-order valence-electron chi connectivity index (χ3n) is 2.28. The highest BCUT2D eigenvalue weighted by molar-refractivity contribution is 5.97. The van der Waals surface area contributed by atoms with Crippen LogP contribution in [-0.2, 0) is 9.59 Å². The Balaban J connectivity index is 2.71. The number of amides is 1. The standard InChI is InChI=1S/C11H14N4O3/c12-11(13)7-1-3-8(4-2-7)15(14)9(16)5-6-10(17)18/h1-4H,5-6,14H2,(H3,12,13)(H,17,18). The number of carboxylic acids is 1. The number of nitrogen functional groups attached to an aromatic ring is 1. The van der Waals surface area contributed by atoms with Gasteiger partial charge in [-0.3, -0.25) is 15.0 Å². The number of rotatable bonds is 5. The average molecular weight is 250 g/mol. The minimum atomic E-state index is -1.05. The molecule has 0 saturated carbocycles. The van der Waals surface area contributed by atoms with E-state index in [4.69, 9.17) is 22.1 Å². The summed E-state index contributed by atoms with van der Waals surface area (Å²) in [4.78, 5) is 21.9. The van der Waals surface area contributed by atoms with E-state index in [1.165, 1.54) is 12.1 Å². The molecule has 1 rings (SSSR count). The zero-order chi connectivity index (χ0) is 13.7. The number of carboxylic acid groups (broad SMARTS) is 1. The van der Waals surface area contributed by atoms with Crippen molar-refractivity contribution in [2.24, 2.45) is 11.6 Å². The number of carbonyl (C=O) groups is 2. The number of nitrogens with one attached hydrogen (secondary N) is 1. The Morgan fingerprint density at radius 1 is 1.22 bits per heavy atom. The van der Waals surface area contributed by atoms with E-state index >= 15 is 0 Å². The summed E-state index contributed by atoms with van der Waals surface area (Å²) in [6.45, 7) is 0. The molecule has 7 heteroatoms. The quantitative estimate of drug-likeness (QED) is 0.192. The van der Waals surface area contributed by atoms with Crippen LogP contribution in [0.4, 0.5) is 5.69 Å². The minimum Gasteiger partial charge on any atom is -0.481 e. The second kappa shape index (κ2) is 5.78. The minimum absolute atomic E-state index is 0.0812. The van der Waals surface area contributed by atoms with Crippen LogP contribution in [-0.4, -0.2) is 22.8 Å². The fourth-order valence-corrected chi connectivity index (χ4v) is 1.28. The van der Waals surface area contributed by atoms with Crippen LogP contribution in [0.5, 0.6) is 0 Å². The molecule has 6 N–H and O–H groups in total. The molecule has 0 atom stereocenters. The molecule has 0 spiro atoms. The number of benzene rings is 1. The van der Waals surface area contributed by atoms with E-state index in [2.05, 4.69) is 0 Å². The third-order valence-corrected chi connectivity index (χ3v) is 2.28. The zero-order valence-corrected chi connectivity index (χ0v) is 9.59. The van der Waals surface area contributed by atoms with E-state index < -0.39 is 11.9 Å². The number of hydrazine groups is 1. The summed E-state index contributed by atoms with van der Waals surface area (Å²) in [7, 11) is 0. The highest BCUT2D eigenvalue weighted by atomic mass is 16.4. The fourth-order valence-electron chi connectivity index (χ4n) is 1.28. The zero-order valence-electron chi connectivity index (χ0n) is 9.59. The number of anilines is 1. The fraction of sp³-hybridized carbons (Fsp3) is 0.182. The van der Waals surface area contributed by atoms with Crippen molar-refractivity contribution >= 4 is 23.4 Å². The molecular weight excluding hydrogens is 236 g/mol. The summed E-state index contributed by atoms with van der Waals surface area (Å²) in [6.07, 6.45) is -0.432. The van der Waals surface area contributed by atoms with Crippen LogP contribution in [0, 0.1) is 5.41 Å². The number of hydrogen-bond donors (Lipinski definition) is 4. The van der Waals surface area contributed by atoms with Crippen LogP contribution >= 0.6 is 0 Å². The average Bonchev–Trinajstić information content (AvgIpc) is 2.35. The van der Waals surface area contributed by atoms with Gasteiger partial charge in [-0.1, -0.05) is 0 Å². The molecule has 0 heterocycles. The summed E-state index contributed by atoms with van der Waals surface area (Å²) in [5.74, 6) is 3.93. The third kappa shape index (κ3) is 3.56. The predicted molar refractivity (Wildman–Crippen MR) is 66.0 cm³/mol. The lowest BCUT2D eigenvalue weighted by Crippen LogP contribution is -2.37. The molecule has 0 aliphatic carbocycles. The molecule has 18 heavy (non-hydrogen) atoms. The topological polar surface area (TPSA) is 134 Å². The number of hydrogen-bond acceptors (Lipinski definition) is 4. The van der Waals surface area contributed by atoms with E-state index in [-0.39, 0.29) is 18.7 Å². The molecule has 1 amide bonds.